The molecule has 0 aromatic heterocycles. The molecule has 0 aliphatic carbocycles. The van der Waals surface area contributed by atoms with Crippen molar-refractivity contribution >= 4 is 5.78 Å². The average Bonchev–Trinajstić information content (AvgIpc) is 2.36. The fourth-order valence-electron chi connectivity index (χ4n) is 1.59. The number of rotatable bonds is 7. The summed E-state index contributed by atoms with van der Waals surface area (Å²) in [5.41, 5.74) is 0.186. The van der Waals surface area contributed by atoms with Crippen LogP contribution in [0.3, 0.4) is 0 Å². The molecule has 1 aromatic rings. The van der Waals surface area contributed by atoms with Gasteiger partial charge in [-0.1, -0.05) is 19.1 Å². The van der Waals surface area contributed by atoms with E-state index in [9.17, 15) is 4.79 Å². The highest BCUT2D eigenvalue weighted by Gasteiger charge is 2.23. The van der Waals surface area contributed by atoms with Crippen molar-refractivity contribution < 1.29 is 14.3 Å². The summed E-state index contributed by atoms with van der Waals surface area (Å²) in [7, 11) is 1.62. The van der Waals surface area contributed by atoms with Crippen LogP contribution in [0.15, 0.2) is 24.3 Å². The molecule has 0 unspecified atom stereocenters. The normalized spacial score (nSPS) is 11.3. The van der Waals surface area contributed by atoms with Gasteiger partial charge in [-0.2, -0.15) is 0 Å². The average molecular weight is 250 g/mol. The summed E-state index contributed by atoms with van der Waals surface area (Å²) in [6.45, 7) is 6.47. The van der Waals surface area contributed by atoms with Crippen LogP contribution in [0.5, 0.6) is 5.75 Å². The van der Waals surface area contributed by atoms with E-state index in [4.69, 9.17) is 9.47 Å². The molecule has 0 atom stereocenters. The quantitative estimate of drug-likeness (QED) is 0.695. The van der Waals surface area contributed by atoms with Crippen LogP contribution < -0.4 is 4.74 Å². The summed E-state index contributed by atoms with van der Waals surface area (Å²) in [5, 5.41) is 0. The van der Waals surface area contributed by atoms with Crippen LogP contribution in [0.2, 0.25) is 0 Å². The van der Waals surface area contributed by atoms with E-state index in [2.05, 4.69) is 0 Å². The monoisotopic (exact) mass is 250 g/mol. The summed E-state index contributed by atoms with van der Waals surface area (Å²) in [5.74, 6) is 0.713. The summed E-state index contributed by atoms with van der Waals surface area (Å²) in [6, 6.07) is 7.37. The van der Waals surface area contributed by atoms with Crippen molar-refractivity contribution in [2.75, 3.05) is 13.7 Å². The van der Waals surface area contributed by atoms with Crippen molar-refractivity contribution in [3.05, 3.63) is 29.8 Å². The van der Waals surface area contributed by atoms with E-state index in [0.717, 1.165) is 6.42 Å². The van der Waals surface area contributed by atoms with Gasteiger partial charge in [-0.3, -0.25) is 4.79 Å². The van der Waals surface area contributed by atoms with Crippen LogP contribution in [0, 0.1) is 0 Å². The second-order valence-corrected chi connectivity index (χ2v) is 4.91. The number of carbonyl (C=O) groups is 1. The lowest BCUT2D eigenvalue weighted by Crippen LogP contribution is -2.26. The third-order valence-corrected chi connectivity index (χ3v) is 2.79. The summed E-state index contributed by atoms with van der Waals surface area (Å²) < 4.78 is 10.9. The minimum atomic E-state index is -0.449. The van der Waals surface area contributed by atoms with E-state index in [0.29, 0.717) is 24.3 Å². The summed E-state index contributed by atoms with van der Waals surface area (Å²) >= 11 is 0. The molecule has 0 N–H and O–H groups in total. The van der Waals surface area contributed by atoms with E-state index in [1.54, 1.807) is 13.2 Å². The Hall–Kier alpha value is -1.35. The number of hydrogen-bond acceptors (Lipinski definition) is 3. The molecule has 0 aliphatic heterocycles. The Morgan fingerprint density at radius 2 is 1.94 bits per heavy atom. The zero-order chi connectivity index (χ0) is 13.6. The Morgan fingerprint density at radius 3 is 2.56 bits per heavy atom. The van der Waals surface area contributed by atoms with Gasteiger partial charge in [-0.05, 0) is 32.4 Å². The van der Waals surface area contributed by atoms with E-state index in [1.165, 1.54) is 0 Å². The number of carbonyl (C=O) groups excluding carboxylic acids is 1. The minimum absolute atomic E-state index is 0.0496. The molecular weight excluding hydrogens is 228 g/mol. The lowest BCUT2D eigenvalue weighted by atomic mass is 9.97. The van der Waals surface area contributed by atoms with Gasteiger partial charge in [0.1, 0.15) is 5.75 Å². The molecule has 0 aliphatic rings. The Labute approximate surface area is 109 Å². The van der Waals surface area contributed by atoms with Gasteiger partial charge >= 0.3 is 0 Å². The predicted molar refractivity (Wildman–Crippen MR) is 72.3 cm³/mol. The third-order valence-electron chi connectivity index (χ3n) is 2.79. The highest BCUT2D eigenvalue weighted by atomic mass is 16.5. The first kappa shape index (κ1) is 14.7. The number of para-hydroxylation sites is 1. The summed E-state index contributed by atoms with van der Waals surface area (Å²) in [4.78, 5) is 12.2. The highest BCUT2D eigenvalue weighted by Crippen LogP contribution is 2.23. The molecule has 3 heteroatoms. The molecule has 0 spiro atoms. The number of ether oxygens (including phenoxy) is 2. The van der Waals surface area contributed by atoms with Gasteiger partial charge in [-0.25, -0.2) is 0 Å². The van der Waals surface area contributed by atoms with Crippen molar-refractivity contribution in [1.29, 1.82) is 0 Å². The highest BCUT2D eigenvalue weighted by molar-refractivity contribution is 5.99. The topological polar surface area (TPSA) is 35.5 Å². The van der Waals surface area contributed by atoms with Crippen molar-refractivity contribution in [2.24, 2.45) is 0 Å². The molecule has 0 radical (unpaired) electrons. The maximum Gasteiger partial charge on any atom is 0.169 e. The Bertz CT molecular complexity index is 396. The zero-order valence-corrected chi connectivity index (χ0v) is 11.7. The molecule has 100 valence electrons. The Morgan fingerprint density at radius 1 is 1.28 bits per heavy atom. The largest absolute Gasteiger partial charge is 0.493 e. The zero-order valence-electron chi connectivity index (χ0n) is 11.7. The predicted octanol–water partition coefficient (Wildman–Crippen LogP) is 3.47. The van der Waals surface area contributed by atoms with Gasteiger partial charge in [0.05, 0.1) is 17.8 Å². The van der Waals surface area contributed by atoms with Crippen molar-refractivity contribution in [3.63, 3.8) is 0 Å². The van der Waals surface area contributed by atoms with E-state index in [-0.39, 0.29) is 5.78 Å². The number of methoxy groups -OCH3 is 1. The maximum atomic E-state index is 12.2. The first-order valence-electron chi connectivity index (χ1n) is 6.30. The number of ketones is 1. The molecule has 0 bridgehead atoms. The fraction of sp³-hybridized carbons (Fsp3) is 0.533. The SMILES string of the molecule is CCCOc1ccccc1C(=O)CC(C)(C)OC. The van der Waals surface area contributed by atoms with Crippen molar-refractivity contribution in [3.8, 4) is 5.75 Å². The molecule has 0 heterocycles. The van der Waals surface area contributed by atoms with Crippen LogP contribution in [0.4, 0.5) is 0 Å². The smallest absolute Gasteiger partial charge is 0.169 e. The minimum Gasteiger partial charge on any atom is -0.493 e. The first-order valence-corrected chi connectivity index (χ1v) is 6.30. The molecule has 1 rings (SSSR count). The van der Waals surface area contributed by atoms with E-state index >= 15 is 0 Å². The van der Waals surface area contributed by atoms with Gasteiger partial charge < -0.3 is 9.47 Å². The number of benzene rings is 1. The van der Waals surface area contributed by atoms with Crippen LogP contribution >= 0.6 is 0 Å². The van der Waals surface area contributed by atoms with Crippen LogP contribution in [-0.4, -0.2) is 25.1 Å². The lowest BCUT2D eigenvalue weighted by molar-refractivity contribution is 0.0171. The fourth-order valence-corrected chi connectivity index (χ4v) is 1.59. The van der Waals surface area contributed by atoms with Crippen molar-refractivity contribution in [2.45, 2.75) is 39.2 Å². The number of Topliss-reactive ketones (excluding diaryl/α,β-unsaturated/α-hetero) is 1. The van der Waals surface area contributed by atoms with Gasteiger partial charge in [0.15, 0.2) is 5.78 Å². The van der Waals surface area contributed by atoms with Gasteiger partial charge in [0.25, 0.3) is 0 Å². The summed E-state index contributed by atoms with van der Waals surface area (Å²) in [6.07, 6.45) is 1.27. The van der Waals surface area contributed by atoms with Gasteiger partial charge in [0, 0.05) is 13.5 Å². The molecular formula is C15H22O3. The molecule has 18 heavy (non-hydrogen) atoms. The van der Waals surface area contributed by atoms with E-state index in [1.807, 2.05) is 39.0 Å². The Kier molecular flexibility index (Phi) is 5.35. The molecule has 1 aromatic carbocycles. The molecule has 0 saturated carbocycles. The Balaban J connectivity index is 2.85. The molecule has 0 fully saturated rings. The van der Waals surface area contributed by atoms with Gasteiger partial charge in [0.2, 0.25) is 0 Å². The lowest BCUT2D eigenvalue weighted by Gasteiger charge is -2.22. The second kappa shape index (κ2) is 6.55. The molecule has 3 nitrogen and oxygen atoms in total. The van der Waals surface area contributed by atoms with Gasteiger partial charge in [-0.15, -0.1) is 0 Å². The standard InChI is InChI=1S/C15H22O3/c1-5-10-18-14-9-7-6-8-12(14)13(16)11-15(2,3)17-4/h6-9H,5,10-11H2,1-4H3. The van der Waals surface area contributed by atoms with E-state index < -0.39 is 5.60 Å². The van der Waals surface area contributed by atoms with Crippen LogP contribution in [0.1, 0.15) is 44.0 Å². The van der Waals surface area contributed by atoms with Crippen molar-refractivity contribution in [1.82, 2.24) is 0 Å². The molecule has 0 amide bonds. The van der Waals surface area contributed by atoms with Crippen LogP contribution in [-0.2, 0) is 4.74 Å². The second-order valence-electron chi connectivity index (χ2n) is 4.91. The first-order chi connectivity index (χ1) is 8.50. The maximum absolute atomic E-state index is 12.2. The number of hydrogen-bond donors (Lipinski definition) is 0. The third kappa shape index (κ3) is 4.15. The molecule has 0 saturated heterocycles. The van der Waals surface area contributed by atoms with Crippen LogP contribution in [0.25, 0.3) is 0 Å².